The maximum atomic E-state index is 10.9. The van der Waals surface area contributed by atoms with Crippen LogP contribution in [0.4, 0.5) is 4.79 Å². The first kappa shape index (κ1) is 11.3. The van der Waals surface area contributed by atoms with Gasteiger partial charge in [0, 0.05) is 12.0 Å². The minimum Gasteiger partial charge on any atom is -0.453 e. The van der Waals surface area contributed by atoms with Crippen molar-refractivity contribution in [2.75, 3.05) is 20.3 Å². The standard InChI is InChI=1S/C10H19NO3/c1-14-9(13)11-7-10(8-12)5-3-2-4-6-10/h12H,2-8H2,1H3,(H,11,13). The molecule has 2 N–H and O–H groups in total. The van der Waals surface area contributed by atoms with E-state index in [1.807, 2.05) is 0 Å². The number of amides is 1. The Kier molecular flexibility index (Phi) is 4.20. The van der Waals surface area contributed by atoms with Crippen LogP contribution in [0.25, 0.3) is 0 Å². The van der Waals surface area contributed by atoms with Gasteiger partial charge in [-0.15, -0.1) is 0 Å². The average molecular weight is 201 g/mol. The molecule has 82 valence electrons. The van der Waals surface area contributed by atoms with Gasteiger partial charge >= 0.3 is 6.09 Å². The molecule has 1 fully saturated rings. The van der Waals surface area contributed by atoms with Crippen molar-refractivity contribution in [1.82, 2.24) is 5.32 Å². The van der Waals surface area contributed by atoms with Crippen LogP contribution >= 0.6 is 0 Å². The molecular weight excluding hydrogens is 182 g/mol. The highest BCUT2D eigenvalue weighted by Gasteiger charge is 2.31. The topological polar surface area (TPSA) is 58.6 Å². The number of methoxy groups -OCH3 is 1. The van der Waals surface area contributed by atoms with Crippen LogP contribution in [0.3, 0.4) is 0 Å². The second-order valence-electron chi connectivity index (χ2n) is 4.06. The monoisotopic (exact) mass is 201 g/mol. The van der Waals surface area contributed by atoms with Crippen LogP contribution in [0.1, 0.15) is 32.1 Å². The molecule has 14 heavy (non-hydrogen) atoms. The molecule has 0 saturated heterocycles. The molecule has 4 heteroatoms. The Balaban J connectivity index is 2.39. The number of carbonyl (C=O) groups excluding carboxylic acids is 1. The Morgan fingerprint density at radius 2 is 2.07 bits per heavy atom. The summed E-state index contributed by atoms with van der Waals surface area (Å²) in [4.78, 5) is 10.9. The summed E-state index contributed by atoms with van der Waals surface area (Å²) in [6, 6.07) is 0. The summed E-state index contributed by atoms with van der Waals surface area (Å²) in [6.07, 6.45) is 5.09. The Morgan fingerprint density at radius 1 is 1.43 bits per heavy atom. The number of aliphatic hydroxyl groups excluding tert-OH is 1. The summed E-state index contributed by atoms with van der Waals surface area (Å²) in [5.74, 6) is 0. The average Bonchev–Trinajstić information content (AvgIpc) is 2.27. The predicted octanol–water partition coefficient (Wildman–Crippen LogP) is 1.29. The van der Waals surface area contributed by atoms with E-state index in [9.17, 15) is 9.90 Å². The first-order chi connectivity index (χ1) is 6.72. The van der Waals surface area contributed by atoms with Crippen LogP contribution in [0, 0.1) is 5.41 Å². The maximum Gasteiger partial charge on any atom is 0.406 e. The van der Waals surface area contributed by atoms with Crippen LogP contribution in [0.5, 0.6) is 0 Å². The zero-order valence-corrected chi connectivity index (χ0v) is 8.71. The molecule has 0 aliphatic heterocycles. The number of nitrogens with one attached hydrogen (secondary N) is 1. The highest BCUT2D eigenvalue weighted by atomic mass is 16.5. The van der Waals surface area contributed by atoms with Crippen molar-refractivity contribution < 1.29 is 14.6 Å². The fraction of sp³-hybridized carbons (Fsp3) is 0.900. The Bertz CT molecular complexity index is 188. The highest BCUT2D eigenvalue weighted by Crippen LogP contribution is 2.35. The third-order valence-electron chi connectivity index (χ3n) is 3.04. The molecule has 0 aromatic heterocycles. The third-order valence-corrected chi connectivity index (χ3v) is 3.04. The van der Waals surface area contributed by atoms with Gasteiger partial charge in [-0.3, -0.25) is 0 Å². The van der Waals surface area contributed by atoms with Gasteiger partial charge in [0.15, 0.2) is 0 Å². The van der Waals surface area contributed by atoms with E-state index in [-0.39, 0.29) is 12.0 Å². The van der Waals surface area contributed by atoms with Crippen molar-refractivity contribution >= 4 is 6.09 Å². The smallest absolute Gasteiger partial charge is 0.406 e. The largest absolute Gasteiger partial charge is 0.453 e. The quantitative estimate of drug-likeness (QED) is 0.723. The van der Waals surface area contributed by atoms with E-state index >= 15 is 0 Å². The van der Waals surface area contributed by atoms with E-state index in [1.165, 1.54) is 13.5 Å². The number of hydrogen-bond acceptors (Lipinski definition) is 3. The van der Waals surface area contributed by atoms with Gasteiger partial charge in [-0.2, -0.15) is 0 Å². The van der Waals surface area contributed by atoms with Crippen LogP contribution in [0.2, 0.25) is 0 Å². The van der Waals surface area contributed by atoms with Crippen molar-refractivity contribution in [3.8, 4) is 0 Å². The SMILES string of the molecule is COC(=O)NCC1(CO)CCCCC1. The Hall–Kier alpha value is -0.770. The summed E-state index contributed by atoms with van der Waals surface area (Å²) in [5, 5.41) is 12.0. The van der Waals surface area contributed by atoms with E-state index < -0.39 is 6.09 Å². The maximum absolute atomic E-state index is 10.9. The molecule has 0 bridgehead atoms. The van der Waals surface area contributed by atoms with E-state index in [1.54, 1.807) is 0 Å². The first-order valence-electron chi connectivity index (χ1n) is 5.15. The molecule has 1 saturated carbocycles. The molecule has 0 radical (unpaired) electrons. The fourth-order valence-corrected chi connectivity index (χ4v) is 2.02. The molecule has 1 rings (SSSR count). The number of hydrogen-bond donors (Lipinski definition) is 2. The molecule has 0 aromatic carbocycles. The van der Waals surface area contributed by atoms with E-state index in [4.69, 9.17) is 0 Å². The molecule has 0 heterocycles. The molecular formula is C10H19NO3. The van der Waals surface area contributed by atoms with Crippen LogP contribution in [-0.4, -0.2) is 31.5 Å². The van der Waals surface area contributed by atoms with E-state index in [0.29, 0.717) is 6.54 Å². The summed E-state index contributed by atoms with van der Waals surface area (Å²) < 4.78 is 4.50. The van der Waals surface area contributed by atoms with Crippen molar-refractivity contribution in [3.63, 3.8) is 0 Å². The van der Waals surface area contributed by atoms with Crippen LogP contribution in [0.15, 0.2) is 0 Å². The van der Waals surface area contributed by atoms with Crippen molar-refractivity contribution in [2.45, 2.75) is 32.1 Å². The summed E-state index contributed by atoms with van der Waals surface area (Å²) >= 11 is 0. The van der Waals surface area contributed by atoms with Crippen molar-refractivity contribution in [2.24, 2.45) is 5.41 Å². The fourth-order valence-electron chi connectivity index (χ4n) is 2.02. The van der Waals surface area contributed by atoms with Gasteiger partial charge in [-0.25, -0.2) is 4.79 Å². The minimum absolute atomic E-state index is 0.105. The second-order valence-corrected chi connectivity index (χ2v) is 4.06. The molecule has 4 nitrogen and oxygen atoms in total. The van der Waals surface area contributed by atoms with E-state index in [0.717, 1.165) is 25.7 Å². The highest BCUT2D eigenvalue weighted by molar-refractivity contribution is 5.66. The van der Waals surface area contributed by atoms with Gasteiger partial charge in [0.25, 0.3) is 0 Å². The van der Waals surface area contributed by atoms with Gasteiger partial charge in [0.2, 0.25) is 0 Å². The Morgan fingerprint density at radius 3 is 2.57 bits per heavy atom. The molecule has 0 atom stereocenters. The minimum atomic E-state index is -0.414. The van der Waals surface area contributed by atoms with Gasteiger partial charge in [0.05, 0.1) is 13.7 Å². The molecule has 1 aliphatic carbocycles. The predicted molar refractivity (Wildman–Crippen MR) is 53.0 cm³/mol. The molecule has 0 spiro atoms. The molecule has 1 amide bonds. The van der Waals surface area contributed by atoms with Crippen LogP contribution < -0.4 is 5.32 Å². The van der Waals surface area contributed by atoms with Gasteiger partial charge in [0.1, 0.15) is 0 Å². The lowest BCUT2D eigenvalue weighted by molar-refractivity contribution is 0.0788. The van der Waals surface area contributed by atoms with Crippen molar-refractivity contribution in [1.29, 1.82) is 0 Å². The summed E-state index contributed by atoms with van der Waals surface area (Å²) in [6.45, 7) is 0.674. The number of carbonyl (C=O) groups is 1. The number of ether oxygens (including phenoxy) is 1. The first-order valence-corrected chi connectivity index (χ1v) is 5.15. The molecule has 1 aliphatic rings. The summed E-state index contributed by atoms with van der Waals surface area (Å²) in [7, 11) is 1.35. The van der Waals surface area contributed by atoms with Gasteiger partial charge < -0.3 is 15.2 Å². The van der Waals surface area contributed by atoms with Gasteiger partial charge in [-0.05, 0) is 12.8 Å². The summed E-state index contributed by atoms with van der Waals surface area (Å²) in [5.41, 5.74) is -0.105. The van der Waals surface area contributed by atoms with Gasteiger partial charge in [-0.1, -0.05) is 19.3 Å². The van der Waals surface area contributed by atoms with Crippen molar-refractivity contribution in [3.05, 3.63) is 0 Å². The number of alkyl carbamates (subject to hydrolysis) is 1. The third kappa shape index (κ3) is 2.87. The normalized spacial score (nSPS) is 20.1. The number of rotatable bonds is 3. The zero-order chi connectivity index (χ0) is 10.4. The Labute approximate surface area is 84.6 Å². The lowest BCUT2D eigenvalue weighted by Crippen LogP contribution is -2.41. The lowest BCUT2D eigenvalue weighted by atomic mass is 9.74. The molecule has 0 aromatic rings. The zero-order valence-electron chi connectivity index (χ0n) is 8.71. The van der Waals surface area contributed by atoms with Crippen LogP contribution in [-0.2, 0) is 4.74 Å². The lowest BCUT2D eigenvalue weighted by Gasteiger charge is -2.35. The number of aliphatic hydroxyl groups is 1. The van der Waals surface area contributed by atoms with E-state index in [2.05, 4.69) is 10.1 Å². The molecule has 0 unspecified atom stereocenters. The second kappa shape index (κ2) is 5.20.